The summed E-state index contributed by atoms with van der Waals surface area (Å²) in [6, 6.07) is 12.1. The van der Waals surface area contributed by atoms with Gasteiger partial charge in [-0.05, 0) is 90.8 Å². The van der Waals surface area contributed by atoms with Crippen molar-refractivity contribution in [2.24, 2.45) is 0 Å². The van der Waals surface area contributed by atoms with E-state index in [1.807, 2.05) is 19.1 Å². The monoisotopic (exact) mass is 363 g/mol. The Balaban J connectivity index is 1.90. The van der Waals surface area contributed by atoms with Crippen molar-refractivity contribution in [1.82, 2.24) is 0 Å². The Labute approximate surface area is 162 Å². The Morgan fingerprint density at radius 3 is 2.48 bits per heavy atom. The Kier molecular flexibility index (Phi) is 5.41. The summed E-state index contributed by atoms with van der Waals surface area (Å²) in [5.74, 6) is -0.283. The number of aryl methyl sites for hydroxylation is 1. The van der Waals surface area contributed by atoms with Gasteiger partial charge in [0, 0.05) is 11.4 Å². The van der Waals surface area contributed by atoms with Gasteiger partial charge in [-0.15, -0.1) is 0 Å². The highest BCUT2D eigenvalue weighted by Gasteiger charge is 2.28. The summed E-state index contributed by atoms with van der Waals surface area (Å²) in [5, 5.41) is 3.52. The number of carbonyl (C=O) groups is 1. The first-order valence-corrected chi connectivity index (χ1v) is 9.74. The summed E-state index contributed by atoms with van der Waals surface area (Å²) in [6.45, 7) is 11.2. The van der Waals surface area contributed by atoms with Crippen LogP contribution in [0.25, 0.3) is 5.57 Å². The number of anilines is 2. The number of allylic oxidation sites excluding steroid dienone is 2. The predicted molar refractivity (Wildman–Crippen MR) is 113 cm³/mol. The average molecular weight is 364 g/mol. The summed E-state index contributed by atoms with van der Waals surface area (Å²) >= 11 is 0. The lowest BCUT2D eigenvalue weighted by molar-refractivity contribution is 0.0526. The van der Waals surface area contributed by atoms with Crippen LogP contribution in [0.3, 0.4) is 0 Å². The van der Waals surface area contributed by atoms with E-state index in [1.165, 1.54) is 22.3 Å². The smallest absolute Gasteiger partial charge is 0.338 e. The highest BCUT2D eigenvalue weighted by molar-refractivity contribution is 5.90. The molecule has 1 aliphatic carbocycles. The summed E-state index contributed by atoms with van der Waals surface area (Å²) in [5.41, 5.74) is 8.23. The maximum atomic E-state index is 11.8. The Hall–Kier alpha value is -2.55. The standard InChI is InChI=1S/C24H29NO2/c1-6-17-12-13-24(4,5)21-15-22(16(3)14-20(17)21)25-19-10-8-18(9-11-19)23(26)27-7-2/h8-12,14-15,25H,6-7,13H2,1-5H3. The molecule has 0 amide bonds. The molecule has 0 radical (unpaired) electrons. The Morgan fingerprint density at radius 2 is 1.85 bits per heavy atom. The minimum Gasteiger partial charge on any atom is -0.462 e. The molecule has 0 aliphatic heterocycles. The molecule has 0 heterocycles. The van der Waals surface area contributed by atoms with Gasteiger partial charge in [0.25, 0.3) is 0 Å². The normalized spacial score (nSPS) is 14.9. The number of carbonyl (C=O) groups excluding carboxylic acids is 1. The van der Waals surface area contributed by atoms with E-state index in [9.17, 15) is 4.79 Å². The molecule has 27 heavy (non-hydrogen) atoms. The van der Waals surface area contributed by atoms with Gasteiger partial charge in [0.15, 0.2) is 0 Å². The molecule has 142 valence electrons. The minimum absolute atomic E-state index is 0.131. The molecule has 0 atom stereocenters. The van der Waals surface area contributed by atoms with Gasteiger partial charge in [-0.3, -0.25) is 0 Å². The molecular formula is C24H29NO2. The highest BCUT2D eigenvalue weighted by Crippen LogP contribution is 2.42. The number of ether oxygens (including phenoxy) is 1. The second kappa shape index (κ2) is 7.59. The van der Waals surface area contributed by atoms with E-state index in [-0.39, 0.29) is 11.4 Å². The quantitative estimate of drug-likeness (QED) is 0.626. The van der Waals surface area contributed by atoms with Crippen molar-refractivity contribution in [2.75, 3.05) is 11.9 Å². The zero-order valence-corrected chi connectivity index (χ0v) is 17.0. The zero-order chi connectivity index (χ0) is 19.6. The molecule has 0 spiro atoms. The molecule has 3 nitrogen and oxygen atoms in total. The largest absolute Gasteiger partial charge is 0.462 e. The average Bonchev–Trinajstić information content (AvgIpc) is 2.64. The second-order valence-corrected chi connectivity index (χ2v) is 7.81. The van der Waals surface area contributed by atoms with Crippen LogP contribution in [0.15, 0.2) is 42.5 Å². The van der Waals surface area contributed by atoms with E-state index in [0.717, 1.165) is 24.2 Å². The maximum absolute atomic E-state index is 11.8. The number of fused-ring (bicyclic) bond motifs is 1. The summed E-state index contributed by atoms with van der Waals surface area (Å²) < 4.78 is 5.05. The first-order chi connectivity index (χ1) is 12.9. The topological polar surface area (TPSA) is 38.3 Å². The fraction of sp³-hybridized carbons (Fsp3) is 0.375. The molecule has 0 aromatic heterocycles. The van der Waals surface area contributed by atoms with Crippen LogP contribution in [0.5, 0.6) is 0 Å². The Bertz CT molecular complexity index is 876. The first-order valence-electron chi connectivity index (χ1n) is 9.74. The molecule has 0 bridgehead atoms. The van der Waals surface area contributed by atoms with Crippen LogP contribution in [0.2, 0.25) is 0 Å². The highest BCUT2D eigenvalue weighted by atomic mass is 16.5. The van der Waals surface area contributed by atoms with Gasteiger partial charge >= 0.3 is 5.97 Å². The van der Waals surface area contributed by atoms with Crippen LogP contribution in [0, 0.1) is 6.92 Å². The third-order valence-electron chi connectivity index (χ3n) is 5.35. The van der Waals surface area contributed by atoms with Crippen LogP contribution in [0.4, 0.5) is 11.4 Å². The second-order valence-electron chi connectivity index (χ2n) is 7.81. The fourth-order valence-electron chi connectivity index (χ4n) is 3.66. The number of rotatable bonds is 5. The molecule has 0 fully saturated rings. The van der Waals surface area contributed by atoms with Gasteiger partial charge in [0.2, 0.25) is 0 Å². The lowest BCUT2D eigenvalue weighted by Gasteiger charge is -2.33. The van der Waals surface area contributed by atoms with Crippen LogP contribution in [-0.4, -0.2) is 12.6 Å². The molecule has 0 unspecified atom stereocenters. The van der Waals surface area contributed by atoms with E-state index in [2.05, 4.69) is 51.2 Å². The lowest BCUT2D eigenvalue weighted by atomic mass is 9.72. The van der Waals surface area contributed by atoms with Gasteiger partial charge < -0.3 is 10.1 Å². The molecule has 2 aromatic rings. The van der Waals surface area contributed by atoms with Crippen molar-refractivity contribution in [3.8, 4) is 0 Å². The van der Waals surface area contributed by atoms with Crippen molar-refractivity contribution in [1.29, 1.82) is 0 Å². The van der Waals surface area contributed by atoms with Crippen molar-refractivity contribution < 1.29 is 9.53 Å². The van der Waals surface area contributed by atoms with Gasteiger partial charge in [0.05, 0.1) is 12.2 Å². The molecule has 0 saturated heterocycles. The zero-order valence-electron chi connectivity index (χ0n) is 17.0. The number of hydrogen-bond donors (Lipinski definition) is 1. The molecule has 1 N–H and O–H groups in total. The molecule has 1 aliphatic rings. The SMILES string of the molecule is CCOC(=O)c1ccc(Nc2cc3c(cc2C)C(CC)=CCC3(C)C)cc1. The van der Waals surface area contributed by atoms with E-state index >= 15 is 0 Å². The van der Waals surface area contributed by atoms with Gasteiger partial charge in [-0.2, -0.15) is 0 Å². The molecular weight excluding hydrogens is 334 g/mol. The third kappa shape index (κ3) is 3.92. The first kappa shape index (κ1) is 19.2. The van der Waals surface area contributed by atoms with Crippen LogP contribution in [-0.2, 0) is 10.2 Å². The molecule has 3 rings (SSSR count). The van der Waals surface area contributed by atoms with Crippen LogP contribution < -0.4 is 5.32 Å². The fourth-order valence-corrected chi connectivity index (χ4v) is 3.66. The van der Waals surface area contributed by atoms with E-state index in [1.54, 1.807) is 12.1 Å². The van der Waals surface area contributed by atoms with Crippen molar-refractivity contribution in [3.05, 3.63) is 64.7 Å². The van der Waals surface area contributed by atoms with E-state index in [0.29, 0.717) is 12.2 Å². The maximum Gasteiger partial charge on any atom is 0.338 e. The van der Waals surface area contributed by atoms with E-state index < -0.39 is 0 Å². The lowest BCUT2D eigenvalue weighted by Crippen LogP contribution is -2.22. The number of esters is 1. The summed E-state index contributed by atoms with van der Waals surface area (Å²) in [7, 11) is 0. The van der Waals surface area contributed by atoms with Gasteiger partial charge in [-0.25, -0.2) is 4.79 Å². The Morgan fingerprint density at radius 1 is 1.15 bits per heavy atom. The summed E-state index contributed by atoms with van der Waals surface area (Å²) in [4.78, 5) is 11.8. The third-order valence-corrected chi connectivity index (χ3v) is 5.35. The number of benzene rings is 2. The van der Waals surface area contributed by atoms with Crippen molar-refractivity contribution >= 4 is 22.9 Å². The van der Waals surface area contributed by atoms with Gasteiger partial charge in [0.1, 0.15) is 0 Å². The molecule has 0 saturated carbocycles. The van der Waals surface area contributed by atoms with Crippen molar-refractivity contribution in [2.45, 2.75) is 52.9 Å². The van der Waals surface area contributed by atoms with Crippen LogP contribution in [0.1, 0.15) is 67.6 Å². The van der Waals surface area contributed by atoms with Crippen LogP contribution >= 0.6 is 0 Å². The molecule has 3 heteroatoms. The van der Waals surface area contributed by atoms with E-state index in [4.69, 9.17) is 4.74 Å². The minimum atomic E-state index is -0.283. The molecule has 2 aromatic carbocycles. The number of hydrogen-bond acceptors (Lipinski definition) is 3. The number of nitrogens with one attached hydrogen (secondary N) is 1. The van der Waals surface area contributed by atoms with Crippen molar-refractivity contribution in [3.63, 3.8) is 0 Å². The predicted octanol–water partition coefficient (Wildman–Crippen LogP) is 6.39. The van der Waals surface area contributed by atoms with Gasteiger partial charge in [-0.1, -0.05) is 26.8 Å². The summed E-state index contributed by atoms with van der Waals surface area (Å²) in [6.07, 6.45) is 4.52.